The third kappa shape index (κ3) is 3.45. The van der Waals surface area contributed by atoms with Crippen LogP contribution in [0.4, 0.5) is 0 Å². The van der Waals surface area contributed by atoms with E-state index in [-0.39, 0.29) is 11.8 Å². The van der Waals surface area contributed by atoms with Crippen molar-refractivity contribution in [2.75, 3.05) is 26.2 Å². The van der Waals surface area contributed by atoms with E-state index in [0.29, 0.717) is 13.0 Å². The monoisotopic (exact) mass is 238 g/mol. The fraction of sp³-hybridized carbons (Fsp3) is 0.846. The summed E-state index contributed by atoms with van der Waals surface area (Å²) in [5, 5.41) is 0. The molecule has 0 N–H and O–H groups in total. The van der Waals surface area contributed by atoms with Gasteiger partial charge in [-0.1, -0.05) is 12.8 Å². The van der Waals surface area contributed by atoms with Crippen LogP contribution in [0.1, 0.15) is 44.9 Å². The molecule has 0 atom stereocenters. The third-order valence-electron chi connectivity index (χ3n) is 3.71. The molecule has 2 saturated heterocycles. The van der Waals surface area contributed by atoms with Crippen molar-refractivity contribution in [3.8, 4) is 0 Å². The number of hydrogen-bond donors (Lipinski definition) is 0. The summed E-state index contributed by atoms with van der Waals surface area (Å²) in [5.41, 5.74) is 0. The van der Waals surface area contributed by atoms with E-state index >= 15 is 0 Å². The highest BCUT2D eigenvalue weighted by molar-refractivity contribution is 5.85. The maximum absolute atomic E-state index is 12.0. The fourth-order valence-corrected chi connectivity index (χ4v) is 2.61. The number of hydrogen-bond acceptors (Lipinski definition) is 2. The van der Waals surface area contributed by atoms with Crippen molar-refractivity contribution in [3.05, 3.63) is 0 Å². The van der Waals surface area contributed by atoms with Gasteiger partial charge in [0, 0.05) is 26.1 Å². The Hall–Kier alpha value is -1.06. The largest absolute Gasteiger partial charge is 0.341 e. The van der Waals surface area contributed by atoms with E-state index in [1.807, 2.05) is 4.90 Å². The molecule has 0 saturated carbocycles. The van der Waals surface area contributed by atoms with E-state index in [4.69, 9.17) is 0 Å². The molecule has 2 aliphatic heterocycles. The number of likely N-dealkylation sites (tertiary alicyclic amines) is 2. The minimum absolute atomic E-state index is 0.136. The van der Waals surface area contributed by atoms with Gasteiger partial charge < -0.3 is 9.80 Å². The van der Waals surface area contributed by atoms with Crippen LogP contribution in [0.5, 0.6) is 0 Å². The lowest BCUT2D eigenvalue weighted by molar-refractivity contribution is -0.140. The van der Waals surface area contributed by atoms with Crippen LogP contribution in [-0.4, -0.2) is 47.8 Å². The Morgan fingerprint density at radius 3 is 2.35 bits per heavy atom. The molecule has 0 unspecified atom stereocenters. The predicted octanol–water partition coefficient (Wildman–Crippen LogP) is 1.40. The minimum atomic E-state index is 0.136. The third-order valence-corrected chi connectivity index (χ3v) is 3.71. The zero-order valence-electron chi connectivity index (χ0n) is 10.5. The van der Waals surface area contributed by atoms with Crippen molar-refractivity contribution in [3.63, 3.8) is 0 Å². The summed E-state index contributed by atoms with van der Waals surface area (Å²) in [4.78, 5) is 27.5. The second-order valence-electron chi connectivity index (χ2n) is 5.07. The smallest absolute Gasteiger partial charge is 0.242 e. The summed E-state index contributed by atoms with van der Waals surface area (Å²) < 4.78 is 0. The van der Waals surface area contributed by atoms with Gasteiger partial charge in [0.1, 0.15) is 0 Å². The van der Waals surface area contributed by atoms with Crippen LogP contribution in [0.3, 0.4) is 0 Å². The minimum Gasteiger partial charge on any atom is -0.341 e. The Kier molecular flexibility index (Phi) is 4.40. The van der Waals surface area contributed by atoms with Crippen molar-refractivity contribution in [1.82, 2.24) is 9.80 Å². The van der Waals surface area contributed by atoms with Crippen LogP contribution in [0.2, 0.25) is 0 Å². The van der Waals surface area contributed by atoms with Crippen molar-refractivity contribution in [2.24, 2.45) is 0 Å². The topological polar surface area (TPSA) is 40.6 Å². The van der Waals surface area contributed by atoms with E-state index in [2.05, 4.69) is 0 Å². The van der Waals surface area contributed by atoms with Crippen molar-refractivity contribution in [1.29, 1.82) is 0 Å². The van der Waals surface area contributed by atoms with Crippen molar-refractivity contribution in [2.45, 2.75) is 44.9 Å². The predicted molar refractivity (Wildman–Crippen MR) is 65.5 cm³/mol. The highest BCUT2D eigenvalue weighted by Gasteiger charge is 2.23. The van der Waals surface area contributed by atoms with Gasteiger partial charge in [0.05, 0.1) is 6.54 Å². The number of rotatable bonds is 2. The molecule has 2 heterocycles. The van der Waals surface area contributed by atoms with Gasteiger partial charge in [-0.05, 0) is 25.7 Å². The van der Waals surface area contributed by atoms with Gasteiger partial charge in [-0.2, -0.15) is 0 Å². The summed E-state index contributed by atoms with van der Waals surface area (Å²) in [6.45, 7) is 2.82. The molecule has 17 heavy (non-hydrogen) atoms. The molecule has 0 aromatic carbocycles. The highest BCUT2D eigenvalue weighted by Crippen LogP contribution is 2.13. The quantitative estimate of drug-likeness (QED) is 0.729. The maximum atomic E-state index is 12.0. The molecule has 0 aromatic rings. The fourth-order valence-electron chi connectivity index (χ4n) is 2.61. The first kappa shape index (κ1) is 12.4. The average Bonchev–Trinajstić information content (AvgIpc) is 2.82. The summed E-state index contributed by atoms with van der Waals surface area (Å²) in [6.07, 6.45) is 7.19. The van der Waals surface area contributed by atoms with E-state index in [1.54, 1.807) is 4.90 Å². The molecule has 2 amide bonds. The number of amides is 2. The molecule has 0 aliphatic carbocycles. The normalized spacial score (nSPS) is 22.5. The van der Waals surface area contributed by atoms with Crippen LogP contribution in [0, 0.1) is 0 Å². The number of carbonyl (C=O) groups is 2. The molecular weight excluding hydrogens is 216 g/mol. The van der Waals surface area contributed by atoms with Gasteiger partial charge in [0.25, 0.3) is 0 Å². The number of carbonyl (C=O) groups excluding carboxylic acids is 2. The zero-order valence-corrected chi connectivity index (χ0v) is 10.5. The molecule has 0 bridgehead atoms. The van der Waals surface area contributed by atoms with Crippen LogP contribution in [-0.2, 0) is 9.59 Å². The second-order valence-corrected chi connectivity index (χ2v) is 5.07. The lowest BCUT2D eigenvalue weighted by atomic mass is 10.1. The van der Waals surface area contributed by atoms with Gasteiger partial charge in [-0.3, -0.25) is 9.59 Å². The molecule has 0 radical (unpaired) electrons. The molecule has 0 aromatic heterocycles. The second kappa shape index (κ2) is 6.03. The van der Waals surface area contributed by atoms with Gasteiger partial charge >= 0.3 is 0 Å². The summed E-state index contributed by atoms with van der Waals surface area (Å²) >= 11 is 0. The molecule has 2 rings (SSSR count). The van der Waals surface area contributed by atoms with Crippen LogP contribution in [0.15, 0.2) is 0 Å². The lowest BCUT2D eigenvalue weighted by Gasteiger charge is -2.26. The molecule has 96 valence electrons. The first-order valence-corrected chi connectivity index (χ1v) is 6.83. The van der Waals surface area contributed by atoms with E-state index in [1.165, 1.54) is 6.42 Å². The Labute approximate surface area is 103 Å². The van der Waals surface area contributed by atoms with Crippen LogP contribution in [0.25, 0.3) is 0 Å². The van der Waals surface area contributed by atoms with E-state index < -0.39 is 0 Å². The van der Waals surface area contributed by atoms with Crippen LogP contribution >= 0.6 is 0 Å². The molecular formula is C13H22N2O2. The Balaban J connectivity index is 1.86. The molecule has 4 heteroatoms. The first-order chi connectivity index (χ1) is 8.27. The zero-order chi connectivity index (χ0) is 12.1. The Bertz CT molecular complexity index is 285. The molecule has 2 aliphatic rings. The Morgan fingerprint density at radius 1 is 0.941 bits per heavy atom. The maximum Gasteiger partial charge on any atom is 0.242 e. The van der Waals surface area contributed by atoms with Gasteiger partial charge in [-0.15, -0.1) is 0 Å². The standard InChI is InChI=1S/C13H22N2O2/c16-12-7-3-1-2-4-10-15(12)11-13(17)14-8-5-6-9-14/h1-11H2. The van der Waals surface area contributed by atoms with Gasteiger partial charge in [0.2, 0.25) is 11.8 Å². The summed E-state index contributed by atoms with van der Waals surface area (Å²) in [6, 6.07) is 0. The van der Waals surface area contributed by atoms with E-state index in [0.717, 1.165) is 51.7 Å². The summed E-state index contributed by atoms with van der Waals surface area (Å²) in [7, 11) is 0. The van der Waals surface area contributed by atoms with E-state index in [9.17, 15) is 9.59 Å². The summed E-state index contributed by atoms with van der Waals surface area (Å²) in [5.74, 6) is 0.300. The highest BCUT2D eigenvalue weighted by atomic mass is 16.2. The van der Waals surface area contributed by atoms with Gasteiger partial charge in [0.15, 0.2) is 0 Å². The molecule has 4 nitrogen and oxygen atoms in total. The van der Waals surface area contributed by atoms with Crippen molar-refractivity contribution >= 4 is 11.8 Å². The Morgan fingerprint density at radius 2 is 1.59 bits per heavy atom. The molecule has 0 spiro atoms. The van der Waals surface area contributed by atoms with Crippen molar-refractivity contribution < 1.29 is 9.59 Å². The number of nitrogens with zero attached hydrogens (tertiary/aromatic N) is 2. The SMILES string of the molecule is O=C(CN1CCCCCCC1=O)N1CCCC1. The molecule has 2 fully saturated rings. The average molecular weight is 238 g/mol. The first-order valence-electron chi connectivity index (χ1n) is 6.83. The van der Waals surface area contributed by atoms with Crippen LogP contribution < -0.4 is 0 Å². The van der Waals surface area contributed by atoms with Gasteiger partial charge in [-0.25, -0.2) is 0 Å². The lowest BCUT2D eigenvalue weighted by Crippen LogP contribution is -2.42.